The average Bonchev–Trinajstić information content (AvgIpc) is 2.48. The van der Waals surface area contributed by atoms with Crippen LogP contribution in [0.25, 0.3) is 0 Å². The number of aliphatic hydroxyl groups is 1. The van der Waals surface area contributed by atoms with E-state index in [4.69, 9.17) is 5.11 Å². The van der Waals surface area contributed by atoms with E-state index in [0.717, 1.165) is 32.0 Å². The second kappa shape index (κ2) is 7.65. The Bertz CT molecular complexity index is 380. The highest BCUT2D eigenvalue weighted by Crippen LogP contribution is 2.27. The lowest BCUT2D eigenvalue weighted by Gasteiger charge is -2.41. The van der Waals surface area contributed by atoms with Crippen molar-refractivity contribution >= 4 is 5.69 Å². The molecular weight excluding hydrogens is 248 g/mol. The zero-order valence-corrected chi connectivity index (χ0v) is 12.8. The van der Waals surface area contributed by atoms with Gasteiger partial charge in [0.1, 0.15) is 0 Å². The van der Waals surface area contributed by atoms with Crippen molar-refractivity contribution in [2.24, 2.45) is 11.8 Å². The number of nitrogens with one attached hydrogen (secondary N) is 1. The number of benzene rings is 1. The minimum absolute atomic E-state index is 0.274. The Morgan fingerprint density at radius 3 is 2.65 bits per heavy atom. The standard InChI is InChI=1S/C17H28N2O/c1-14(2)15-11-16(18-9-6-10-20)13-19(12-15)17-7-4-3-5-8-17/h3-5,7-8,14-16,18,20H,6,9-13H2,1-2H3. The number of rotatable bonds is 6. The quantitative estimate of drug-likeness (QED) is 0.784. The molecule has 3 heteroatoms. The van der Waals surface area contributed by atoms with Gasteiger partial charge in [0.25, 0.3) is 0 Å². The fraction of sp³-hybridized carbons (Fsp3) is 0.647. The average molecular weight is 276 g/mol. The highest BCUT2D eigenvalue weighted by atomic mass is 16.3. The van der Waals surface area contributed by atoms with Gasteiger partial charge < -0.3 is 15.3 Å². The second-order valence-corrected chi connectivity index (χ2v) is 6.21. The van der Waals surface area contributed by atoms with E-state index < -0.39 is 0 Å². The Hall–Kier alpha value is -1.06. The number of anilines is 1. The molecule has 1 fully saturated rings. The summed E-state index contributed by atoms with van der Waals surface area (Å²) in [5.41, 5.74) is 1.33. The van der Waals surface area contributed by atoms with Crippen LogP contribution in [0.15, 0.2) is 30.3 Å². The molecule has 0 aliphatic carbocycles. The van der Waals surface area contributed by atoms with Gasteiger partial charge in [-0.05, 0) is 43.4 Å². The highest BCUT2D eigenvalue weighted by molar-refractivity contribution is 5.46. The van der Waals surface area contributed by atoms with Crippen LogP contribution in [0.2, 0.25) is 0 Å². The molecule has 0 aromatic heterocycles. The Morgan fingerprint density at radius 2 is 2.00 bits per heavy atom. The molecular formula is C17H28N2O. The summed E-state index contributed by atoms with van der Waals surface area (Å²) < 4.78 is 0. The Labute approximate surface area is 123 Å². The minimum Gasteiger partial charge on any atom is -0.396 e. The lowest BCUT2D eigenvalue weighted by atomic mass is 9.85. The third-order valence-corrected chi connectivity index (χ3v) is 4.31. The number of hydrogen-bond acceptors (Lipinski definition) is 3. The van der Waals surface area contributed by atoms with E-state index in [1.165, 1.54) is 12.1 Å². The van der Waals surface area contributed by atoms with Crippen LogP contribution >= 0.6 is 0 Å². The first-order valence-corrected chi connectivity index (χ1v) is 7.85. The van der Waals surface area contributed by atoms with Crippen molar-refractivity contribution in [3.05, 3.63) is 30.3 Å². The zero-order valence-electron chi connectivity index (χ0n) is 12.8. The lowest BCUT2D eigenvalue weighted by molar-refractivity contribution is 0.256. The molecule has 1 saturated heterocycles. The van der Waals surface area contributed by atoms with Crippen molar-refractivity contribution in [1.29, 1.82) is 0 Å². The third kappa shape index (κ3) is 4.22. The van der Waals surface area contributed by atoms with E-state index in [9.17, 15) is 0 Å². The van der Waals surface area contributed by atoms with Gasteiger partial charge in [0.2, 0.25) is 0 Å². The van der Waals surface area contributed by atoms with Crippen molar-refractivity contribution < 1.29 is 5.11 Å². The van der Waals surface area contributed by atoms with E-state index >= 15 is 0 Å². The molecule has 1 aromatic rings. The number of hydrogen-bond donors (Lipinski definition) is 2. The summed E-state index contributed by atoms with van der Waals surface area (Å²) >= 11 is 0. The maximum atomic E-state index is 8.92. The first-order valence-electron chi connectivity index (χ1n) is 7.85. The SMILES string of the molecule is CC(C)C1CC(NCCCO)CN(c2ccccc2)C1. The zero-order chi connectivity index (χ0) is 14.4. The summed E-state index contributed by atoms with van der Waals surface area (Å²) in [6.45, 7) is 8.05. The number of para-hydroxylation sites is 1. The van der Waals surface area contributed by atoms with Crippen LogP contribution in [-0.4, -0.2) is 37.4 Å². The Morgan fingerprint density at radius 1 is 1.25 bits per heavy atom. The van der Waals surface area contributed by atoms with Crippen LogP contribution in [0.4, 0.5) is 5.69 Å². The second-order valence-electron chi connectivity index (χ2n) is 6.21. The molecule has 2 unspecified atom stereocenters. The fourth-order valence-corrected chi connectivity index (χ4v) is 3.00. The number of aliphatic hydroxyl groups excluding tert-OH is 1. The summed E-state index contributed by atoms with van der Waals surface area (Å²) in [7, 11) is 0. The molecule has 1 heterocycles. The van der Waals surface area contributed by atoms with Crippen molar-refractivity contribution in [3.63, 3.8) is 0 Å². The van der Waals surface area contributed by atoms with Crippen molar-refractivity contribution in [1.82, 2.24) is 5.32 Å². The molecule has 2 N–H and O–H groups in total. The third-order valence-electron chi connectivity index (χ3n) is 4.31. The van der Waals surface area contributed by atoms with E-state index in [1.54, 1.807) is 0 Å². The van der Waals surface area contributed by atoms with E-state index in [-0.39, 0.29) is 6.61 Å². The molecule has 1 aromatic carbocycles. The van der Waals surface area contributed by atoms with Crippen molar-refractivity contribution in [3.8, 4) is 0 Å². The van der Waals surface area contributed by atoms with Crippen LogP contribution in [0, 0.1) is 11.8 Å². The van der Waals surface area contributed by atoms with Gasteiger partial charge in [-0.3, -0.25) is 0 Å². The molecule has 1 aliphatic rings. The van der Waals surface area contributed by atoms with Gasteiger partial charge in [-0.2, -0.15) is 0 Å². The summed E-state index contributed by atoms with van der Waals surface area (Å²) in [5, 5.41) is 12.5. The number of nitrogens with zero attached hydrogens (tertiary/aromatic N) is 1. The van der Waals surface area contributed by atoms with Gasteiger partial charge in [-0.15, -0.1) is 0 Å². The van der Waals surface area contributed by atoms with E-state index in [2.05, 4.69) is 54.4 Å². The minimum atomic E-state index is 0.274. The maximum Gasteiger partial charge on any atom is 0.0443 e. The van der Waals surface area contributed by atoms with Gasteiger partial charge in [-0.1, -0.05) is 32.0 Å². The molecule has 0 bridgehead atoms. The molecule has 1 aliphatic heterocycles. The Balaban J connectivity index is 2.01. The topological polar surface area (TPSA) is 35.5 Å². The predicted molar refractivity (Wildman–Crippen MR) is 85.1 cm³/mol. The van der Waals surface area contributed by atoms with Gasteiger partial charge in [0.05, 0.1) is 0 Å². The molecule has 3 nitrogen and oxygen atoms in total. The normalized spacial score (nSPS) is 23.3. The van der Waals surface area contributed by atoms with Crippen LogP contribution in [0.1, 0.15) is 26.7 Å². The summed E-state index contributed by atoms with van der Waals surface area (Å²) in [4.78, 5) is 2.50. The van der Waals surface area contributed by atoms with Gasteiger partial charge in [0.15, 0.2) is 0 Å². The van der Waals surface area contributed by atoms with Crippen LogP contribution < -0.4 is 10.2 Å². The molecule has 0 saturated carbocycles. The fourth-order valence-electron chi connectivity index (χ4n) is 3.00. The maximum absolute atomic E-state index is 8.92. The highest BCUT2D eigenvalue weighted by Gasteiger charge is 2.28. The summed E-state index contributed by atoms with van der Waals surface area (Å²) in [5.74, 6) is 1.44. The first-order chi connectivity index (χ1) is 9.70. The van der Waals surface area contributed by atoms with E-state index in [1.807, 2.05) is 0 Å². The molecule has 2 rings (SSSR count). The molecule has 0 radical (unpaired) electrons. The number of piperidine rings is 1. The van der Waals surface area contributed by atoms with Crippen LogP contribution in [-0.2, 0) is 0 Å². The summed E-state index contributed by atoms with van der Waals surface area (Å²) in [6.07, 6.45) is 2.08. The largest absolute Gasteiger partial charge is 0.396 e. The monoisotopic (exact) mass is 276 g/mol. The van der Waals surface area contributed by atoms with Crippen molar-refractivity contribution in [2.45, 2.75) is 32.7 Å². The molecule has 2 atom stereocenters. The van der Waals surface area contributed by atoms with Gasteiger partial charge in [-0.25, -0.2) is 0 Å². The molecule has 0 spiro atoms. The molecule has 20 heavy (non-hydrogen) atoms. The van der Waals surface area contributed by atoms with Gasteiger partial charge >= 0.3 is 0 Å². The lowest BCUT2D eigenvalue weighted by Crippen LogP contribution is -2.50. The van der Waals surface area contributed by atoms with Gasteiger partial charge in [0, 0.05) is 31.4 Å². The predicted octanol–water partition coefficient (Wildman–Crippen LogP) is 2.51. The summed E-state index contributed by atoms with van der Waals surface area (Å²) in [6, 6.07) is 11.2. The van der Waals surface area contributed by atoms with Crippen LogP contribution in [0.3, 0.4) is 0 Å². The van der Waals surface area contributed by atoms with E-state index in [0.29, 0.717) is 12.0 Å². The Kier molecular flexibility index (Phi) is 5.86. The van der Waals surface area contributed by atoms with Crippen LogP contribution in [0.5, 0.6) is 0 Å². The molecule has 112 valence electrons. The molecule has 0 amide bonds. The van der Waals surface area contributed by atoms with Crippen molar-refractivity contribution in [2.75, 3.05) is 31.1 Å². The smallest absolute Gasteiger partial charge is 0.0443 e. The first kappa shape index (κ1) is 15.3.